The van der Waals surface area contributed by atoms with E-state index in [2.05, 4.69) is 9.97 Å². The van der Waals surface area contributed by atoms with E-state index < -0.39 is 34.5 Å². The number of anilines is 1. The van der Waals surface area contributed by atoms with Gasteiger partial charge in [-0.25, -0.2) is 23.2 Å². The first-order valence-corrected chi connectivity index (χ1v) is 10.9. The Morgan fingerprint density at radius 3 is 2.31 bits per heavy atom. The van der Waals surface area contributed by atoms with Crippen molar-refractivity contribution in [1.82, 2.24) is 9.97 Å². The highest BCUT2D eigenvalue weighted by atomic mass is 32.2. The number of sulfonamides is 1. The van der Waals surface area contributed by atoms with Gasteiger partial charge in [0.05, 0.1) is 17.8 Å². The summed E-state index contributed by atoms with van der Waals surface area (Å²) in [5.41, 5.74) is 1.04. The van der Waals surface area contributed by atoms with Crippen molar-refractivity contribution in [3.8, 4) is 0 Å². The SMILES string of the molecule is O=C(OCc1cccc(N(Cc2cncnc2)S(=O)(=O)CC(F)(F)F)c1)c1ccccc1. The zero-order chi connectivity index (χ0) is 23.2. The Morgan fingerprint density at radius 2 is 1.66 bits per heavy atom. The first kappa shape index (κ1) is 23.2. The number of hydrogen-bond donors (Lipinski definition) is 0. The molecule has 32 heavy (non-hydrogen) atoms. The largest absolute Gasteiger partial charge is 0.457 e. The van der Waals surface area contributed by atoms with Gasteiger partial charge in [0.15, 0.2) is 5.75 Å². The van der Waals surface area contributed by atoms with Crippen LogP contribution in [0.15, 0.2) is 73.3 Å². The van der Waals surface area contributed by atoms with Crippen LogP contribution in [-0.2, 0) is 27.9 Å². The van der Waals surface area contributed by atoms with E-state index in [1.165, 1.54) is 36.9 Å². The lowest BCUT2D eigenvalue weighted by Crippen LogP contribution is -2.37. The number of rotatable bonds is 8. The van der Waals surface area contributed by atoms with Crippen LogP contribution in [0.2, 0.25) is 0 Å². The van der Waals surface area contributed by atoms with Crippen LogP contribution in [0, 0.1) is 0 Å². The molecule has 0 aliphatic rings. The van der Waals surface area contributed by atoms with Gasteiger partial charge in [0.2, 0.25) is 10.0 Å². The molecule has 3 rings (SSSR count). The molecule has 0 saturated carbocycles. The molecular weight excluding hydrogens is 447 g/mol. The molecule has 2 aromatic carbocycles. The van der Waals surface area contributed by atoms with Crippen LogP contribution in [0.4, 0.5) is 18.9 Å². The maximum Gasteiger partial charge on any atom is 0.404 e. The molecular formula is C21H18F3N3O4S. The van der Waals surface area contributed by atoms with Crippen LogP contribution in [0.3, 0.4) is 0 Å². The zero-order valence-electron chi connectivity index (χ0n) is 16.6. The maximum atomic E-state index is 12.9. The second-order valence-electron chi connectivity index (χ2n) is 6.74. The molecule has 0 amide bonds. The number of esters is 1. The number of hydrogen-bond acceptors (Lipinski definition) is 6. The van der Waals surface area contributed by atoms with Gasteiger partial charge in [-0.3, -0.25) is 4.31 Å². The summed E-state index contributed by atoms with van der Waals surface area (Å²) in [7, 11) is -4.78. The van der Waals surface area contributed by atoms with E-state index in [4.69, 9.17) is 4.74 Å². The Kier molecular flexibility index (Phi) is 7.08. The van der Waals surface area contributed by atoms with Crippen LogP contribution in [-0.4, -0.2) is 36.3 Å². The smallest absolute Gasteiger partial charge is 0.404 e. The molecule has 1 heterocycles. The summed E-state index contributed by atoms with van der Waals surface area (Å²) in [4.78, 5) is 19.7. The second-order valence-corrected chi connectivity index (χ2v) is 8.63. The Morgan fingerprint density at radius 1 is 0.969 bits per heavy atom. The number of alkyl halides is 3. The standard InChI is InChI=1S/C21H18F3N3O4S/c22-21(23,24)14-32(29,30)27(12-17-10-25-15-26-11-17)19-8-4-5-16(9-19)13-31-20(28)18-6-2-1-3-7-18/h1-11,15H,12-14H2. The minimum absolute atomic E-state index is 0.00800. The van der Waals surface area contributed by atoms with Crippen molar-refractivity contribution in [1.29, 1.82) is 0 Å². The van der Waals surface area contributed by atoms with E-state index in [1.54, 1.807) is 36.4 Å². The Hall–Kier alpha value is -3.47. The molecule has 0 fully saturated rings. The fourth-order valence-corrected chi connectivity index (χ4v) is 4.17. The second kappa shape index (κ2) is 9.77. The fraction of sp³-hybridized carbons (Fsp3) is 0.190. The molecule has 0 atom stereocenters. The van der Waals surface area contributed by atoms with Crippen LogP contribution in [0.1, 0.15) is 21.5 Å². The minimum atomic E-state index is -4.92. The summed E-state index contributed by atoms with van der Waals surface area (Å²) in [6.45, 7) is -0.588. The highest BCUT2D eigenvalue weighted by molar-refractivity contribution is 7.92. The molecule has 1 aromatic heterocycles. The summed E-state index contributed by atoms with van der Waals surface area (Å²) in [6.07, 6.45) is -1.07. The lowest BCUT2D eigenvalue weighted by atomic mass is 10.2. The van der Waals surface area contributed by atoms with E-state index in [0.717, 1.165) is 0 Å². The van der Waals surface area contributed by atoms with Crippen molar-refractivity contribution in [2.24, 2.45) is 0 Å². The van der Waals surface area contributed by atoms with Crippen LogP contribution in [0.5, 0.6) is 0 Å². The molecule has 0 saturated heterocycles. The van der Waals surface area contributed by atoms with E-state index in [1.807, 2.05) is 0 Å². The fourth-order valence-electron chi connectivity index (χ4n) is 2.82. The van der Waals surface area contributed by atoms with Gasteiger partial charge >= 0.3 is 12.1 Å². The summed E-state index contributed by atoms with van der Waals surface area (Å²) in [5, 5.41) is 0. The molecule has 0 unspecified atom stereocenters. The van der Waals surface area contributed by atoms with Gasteiger partial charge in [0.25, 0.3) is 0 Å². The number of carbonyl (C=O) groups is 1. The predicted octanol–water partition coefficient (Wildman–Crippen LogP) is 3.73. The molecule has 0 aliphatic carbocycles. The number of benzene rings is 2. The molecule has 0 N–H and O–H groups in total. The lowest BCUT2D eigenvalue weighted by Gasteiger charge is -2.25. The van der Waals surface area contributed by atoms with E-state index in [0.29, 0.717) is 21.0 Å². The van der Waals surface area contributed by atoms with Gasteiger partial charge in [-0.1, -0.05) is 30.3 Å². The van der Waals surface area contributed by atoms with Gasteiger partial charge < -0.3 is 4.74 Å². The van der Waals surface area contributed by atoms with Gasteiger partial charge in [-0.2, -0.15) is 13.2 Å². The number of nitrogens with zero attached hydrogens (tertiary/aromatic N) is 3. The Labute approximate surface area is 182 Å². The average Bonchev–Trinajstić information content (AvgIpc) is 2.75. The molecule has 168 valence electrons. The van der Waals surface area contributed by atoms with Crippen molar-refractivity contribution in [2.45, 2.75) is 19.3 Å². The van der Waals surface area contributed by atoms with Crippen molar-refractivity contribution >= 4 is 21.7 Å². The Bertz CT molecular complexity index is 1160. The van der Waals surface area contributed by atoms with E-state index in [9.17, 15) is 26.4 Å². The quantitative estimate of drug-likeness (QED) is 0.471. The van der Waals surface area contributed by atoms with Crippen molar-refractivity contribution in [3.63, 3.8) is 0 Å². The van der Waals surface area contributed by atoms with E-state index in [-0.39, 0.29) is 12.3 Å². The number of ether oxygens (including phenoxy) is 1. The van der Waals surface area contributed by atoms with Gasteiger partial charge in [0, 0.05) is 18.0 Å². The summed E-state index contributed by atoms with van der Waals surface area (Å²) in [5.74, 6) is -2.61. The Balaban J connectivity index is 1.85. The van der Waals surface area contributed by atoms with E-state index >= 15 is 0 Å². The minimum Gasteiger partial charge on any atom is -0.457 e. The predicted molar refractivity (Wildman–Crippen MR) is 110 cm³/mol. The lowest BCUT2D eigenvalue weighted by molar-refractivity contribution is -0.106. The summed E-state index contributed by atoms with van der Waals surface area (Å²) >= 11 is 0. The van der Waals surface area contributed by atoms with Crippen molar-refractivity contribution in [3.05, 3.63) is 90.0 Å². The topological polar surface area (TPSA) is 89.5 Å². The number of carbonyl (C=O) groups excluding carboxylic acids is 1. The molecule has 0 radical (unpaired) electrons. The average molecular weight is 465 g/mol. The molecule has 3 aromatic rings. The van der Waals surface area contributed by atoms with Gasteiger partial charge in [-0.05, 0) is 29.8 Å². The van der Waals surface area contributed by atoms with Crippen molar-refractivity contribution in [2.75, 3.05) is 10.1 Å². The normalized spacial score (nSPS) is 11.7. The van der Waals surface area contributed by atoms with Crippen LogP contribution < -0.4 is 4.31 Å². The third kappa shape index (κ3) is 6.51. The monoisotopic (exact) mass is 465 g/mol. The number of halogens is 3. The number of aromatic nitrogens is 2. The molecule has 11 heteroatoms. The highest BCUT2D eigenvalue weighted by Crippen LogP contribution is 2.27. The zero-order valence-corrected chi connectivity index (χ0v) is 17.4. The van der Waals surface area contributed by atoms with Crippen molar-refractivity contribution < 1.29 is 31.1 Å². The van der Waals surface area contributed by atoms with Gasteiger partial charge in [0.1, 0.15) is 12.9 Å². The molecule has 0 spiro atoms. The summed E-state index contributed by atoms with van der Waals surface area (Å²) < 4.78 is 69.8. The summed E-state index contributed by atoms with van der Waals surface area (Å²) in [6, 6.07) is 14.0. The first-order valence-electron chi connectivity index (χ1n) is 9.26. The molecule has 0 bridgehead atoms. The third-order valence-electron chi connectivity index (χ3n) is 4.20. The third-order valence-corrected chi connectivity index (χ3v) is 5.90. The van der Waals surface area contributed by atoms with Crippen LogP contribution in [0.25, 0.3) is 0 Å². The molecule has 7 nitrogen and oxygen atoms in total. The first-order chi connectivity index (χ1) is 15.1. The van der Waals surface area contributed by atoms with Crippen LogP contribution >= 0.6 is 0 Å². The molecule has 0 aliphatic heterocycles. The highest BCUT2D eigenvalue weighted by Gasteiger charge is 2.38. The maximum absolute atomic E-state index is 12.9. The van der Waals surface area contributed by atoms with Gasteiger partial charge in [-0.15, -0.1) is 0 Å².